The SMILES string of the molecule is CCOC(=O)c1cc(C)sc1NC(=O)Cc1ccc(OCC)c(OCC)c1. The number of hydrogen-bond acceptors (Lipinski definition) is 6. The molecule has 1 heterocycles. The fraction of sp³-hybridized carbons (Fsp3) is 0.400. The van der Waals surface area contributed by atoms with E-state index in [1.807, 2.05) is 26.8 Å². The van der Waals surface area contributed by atoms with E-state index in [0.29, 0.717) is 35.3 Å². The number of benzene rings is 1. The van der Waals surface area contributed by atoms with Crippen LogP contribution in [0.2, 0.25) is 0 Å². The Morgan fingerprint density at radius 1 is 1.00 bits per heavy atom. The molecule has 1 N–H and O–H groups in total. The van der Waals surface area contributed by atoms with Crippen molar-refractivity contribution in [3.8, 4) is 11.5 Å². The van der Waals surface area contributed by atoms with Gasteiger partial charge in [-0.05, 0) is 51.5 Å². The van der Waals surface area contributed by atoms with Gasteiger partial charge in [-0.15, -0.1) is 11.3 Å². The van der Waals surface area contributed by atoms with Crippen LogP contribution in [0.4, 0.5) is 5.00 Å². The van der Waals surface area contributed by atoms with Crippen molar-refractivity contribution in [1.29, 1.82) is 0 Å². The topological polar surface area (TPSA) is 73.9 Å². The van der Waals surface area contributed by atoms with Gasteiger partial charge in [0.15, 0.2) is 11.5 Å². The van der Waals surface area contributed by atoms with Gasteiger partial charge >= 0.3 is 5.97 Å². The summed E-state index contributed by atoms with van der Waals surface area (Å²) in [7, 11) is 0. The van der Waals surface area contributed by atoms with Crippen molar-refractivity contribution in [2.24, 2.45) is 0 Å². The van der Waals surface area contributed by atoms with E-state index in [1.165, 1.54) is 11.3 Å². The van der Waals surface area contributed by atoms with Gasteiger partial charge in [0.2, 0.25) is 5.91 Å². The van der Waals surface area contributed by atoms with Crippen LogP contribution in [0.1, 0.15) is 41.6 Å². The van der Waals surface area contributed by atoms with Crippen LogP contribution in [-0.4, -0.2) is 31.7 Å². The van der Waals surface area contributed by atoms with E-state index in [4.69, 9.17) is 14.2 Å². The molecule has 0 saturated heterocycles. The first-order chi connectivity index (χ1) is 13.0. The molecule has 7 heteroatoms. The molecule has 0 saturated carbocycles. The predicted molar refractivity (Wildman–Crippen MR) is 106 cm³/mol. The summed E-state index contributed by atoms with van der Waals surface area (Å²) >= 11 is 1.35. The van der Waals surface area contributed by atoms with Crippen LogP contribution >= 0.6 is 11.3 Å². The second-order valence-electron chi connectivity index (χ2n) is 5.69. The summed E-state index contributed by atoms with van der Waals surface area (Å²) in [6, 6.07) is 7.16. The molecule has 1 aromatic heterocycles. The van der Waals surface area contributed by atoms with Gasteiger partial charge < -0.3 is 19.5 Å². The van der Waals surface area contributed by atoms with Crippen molar-refractivity contribution in [3.63, 3.8) is 0 Å². The summed E-state index contributed by atoms with van der Waals surface area (Å²) in [5.41, 5.74) is 1.18. The maximum Gasteiger partial charge on any atom is 0.341 e. The van der Waals surface area contributed by atoms with Crippen LogP contribution in [0.15, 0.2) is 24.3 Å². The summed E-state index contributed by atoms with van der Waals surface area (Å²) in [6.07, 6.45) is 0.158. The molecule has 0 unspecified atom stereocenters. The van der Waals surface area contributed by atoms with Crippen LogP contribution in [0.5, 0.6) is 11.5 Å². The Morgan fingerprint density at radius 3 is 2.37 bits per heavy atom. The number of thiophene rings is 1. The van der Waals surface area contributed by atoms with Crippen LogP contribution in [-0.2, 0) is 16.0 Å². The molecule has 0 bridgehead atoms. The third kappa shape index (κ3) is 5.72. The van der Waals surface area contributed by atoms with Crippen molar-refractivity contribution < 1.29 is 23.8 Å². The number of carbonyl (C=O) groups excluding carboxylic acids is 2. The lowest BCUT2D eigenvalue weighted by Gasteiger charge is -2.12. The molecule has 2 rings (SSSR count). The Hall–Kier alpha value is -2.54. The minimum atomic E-state index is -0.433. The van der Waals surface area contributed by atoms with Gasteiger partial charge in [-0.1, -0.05) is 6.07 Å². The summed E-state index contributed by atoms with van der Waals surface area (Å²) in [4.78, 5) is 25.4. The van der Waals surface area contributed by atoms with Crippen molar-refractivity contribution in [2.45, 2.75) is 34.1 Å². The van der Waals surface area contributed by atoms with Crippen LogP contribution < -0.4 is 14.8 Å². The molecule has 0 aliphatic heterocycles. The van der Waals surface area contributed by atoms with Gasteiger partial charge in [0.25, 0.3) is 0 Å². The molecule has 27 heavy (non-hydrogen) atoms. The smallest absolute Gasteiger partial charge is 0.341 e. The second kappa shape index (κ2) is 9.97. The number of nitrogens with one attached hydrogen (secondary N) is 1. The Labute approximate surface area is 163 Å². The van der Waals surface area contributed by atoms with Crippen LogP contribution in [0.25, 0.3) is 0 Å². The Bertz CT molecular complexity index is 800. The number of hydrogen-bond donors (Lipinski definition) is 1. The van der Waals surface area contributed by atoms with E-state index in [2.05, 4.69) is 5.32 Å². The highest BCUT2D eigenvalue weighted by molar-refractivity contribution is 7.16. The molecule has 0 spiro atoms. The average Bonchev–Trinajstić information content (AvgIpc) is 2.98. The molecule has 0 aliphatic rings. The van der Waals surface area contributed by atoms with E-state index in [1.54, 1.807) is 25.1 Å². The first-order valence-corrected chi connectivity index (χ1v) is 9.76. The summed E-state index contributed by atoms with van der Waals surface area (Å²) in [5.74, 6) is 0.622. The maximum atomic E-state index is 12.5. The molecular formula is C20H25NO5S. The Kier molecular flexibility index (Phi) is 7.67. The molecule has 146 valence electrons. The van der Waals surface area contributed by atoms with Crippen molar-refractivity contribution in [3.05, 3.63) is 40.3 Å². The zero-order valence-electron chi connectivity index (χ0n) is 16.1. The fourth-order valence-electron chi connectivity index (χ4n) is 2.53. The Morgan fingerprint density at radius 2 is 1.70 bits per heavy atom. The lowest BCUT2D eigenvalue weighted by Crippen LogP contribution is -2.16. The van der Waals surface area contributed by atoms with Gasteiger partial charge in [-0.25, -0.2) is 4.79 Å². The fourth-order valence-corrected chi connectivity index (χ4v) is 3.45. The molecular weight excluding hydrogens is 366 g/mol. The number of aryl methyl sites for hydroxylation is 1. The third-order valence-electron chi connectivity index (χ3n) is 3.58. The molecule has 0 radical (unpaired) electrons. The third-order valence-corrected chi connectivity index (χ3v) is 4.54. The zero-order chi connectivity index (χ0) is 19.8. The van der Waals surface area contributed by atoms with Gasteiger partial charge in [0.1, 0.15) is 5.00 Å². The van der Waals surface area contributed by atoms with Crippen molar-refractivity contribution >= 4 is 28.2 Å². The van der Waals surface area contributed by atoms with Gasteiger partial charge in [0, 0.05) is 4.88 Å². The van der Waals surface area contributed by atoms with Gasteiger partial charge in [-0.2, -0.15) is 0 Å². The largest absolute Gasteiger partial charge is 0.490 e. The summed E-state index contributed by atoms with van der Waals surface area (Å²) in [5, 5.41) is 3.32. The van der Waals surface area contributed by atoms with E-state index in [9.17, 15) is 9.59 Å². The quantitative estimate of drug-likeness (QED) is 0.648. The number of ether oxygens (including phenoxy) is 3. The molecule has 2 aromatic rings. The second-order valence-corrected chi connectivity index (χ2v) is 6.95. The number of rotatable bonds is 9. The summed E-state index contributed by atoms with van der Waals surface area (Å²) in [6.45, 7) is 8.75. The number of anilines is 1. The highest BCUT2D eigenvalue weighted by Crippen LogP contribution is 2.30. The molecule has 1 aromatic carbocycles. The molecule has 6 nitrogen and oxygen atoms in total. The van der Waals surface area contributed by atoms with E-state index < -0.39 is 5.97 Å². The predicted octanol–water partition coefficient (Wildman–Crippen LogP) is 4.21. The first kappa shape index (κ1) is 20.8. The normalized spacial score (nSPS) is 10.4. The van der Waals surface area contributed by atoms with Crippen molar-refractivity contribution in [1.82, 2.24) is 0 Å². The minimum absolute atomic E-state index is 0.158. The summed E-state index contributed by atoms with van der Waals surface area (Å²) < 4.78 is 16.2. The lowest BCUT2D eigenvalue weighted by molar-refractivity contribution is -0.115. The van der Waals surface area contributed by atoms with Crippen LogP contribution in [0, 0.1) is 6.92 Å². The zero-order valence-corrected chi connectivity index (χ0v) is 16.9. The standard InChI is InChI=1S/C20H25NO5S/c1-5-24-16-9-8-14(11-17(16)25-6-2)12-18(22)21-19-15(10-13(4)27-19)20(23)26-7-3/h8-11H,5-7,12H2,1-4H3,(H,21,22). The highest BCUT2D eigenvalue weighted by atomic mass is 32.1. The van der Waals surface area contributed by atoms with Crippen molar-refractivity contribution in [2.75, 3.05) is 25.1 Å². The van der Waals surface area contributed by atoms with Gasteiger partial charge in [0.05, 0.1) is 31.8 Å². The molecule has 0 aliphatic carbocycles. The highest BCUT2D eigenvalue weighted by Gasteiger charge is 2.18. The van der Waals surface area contributed by atoms with E-state index >= 15 is 0 Å². The Balaban J connectivity index is 2.12. The number of carbonyl (C=O) groups is 2. The maximum absolute atomic E-state index is 12.5. The van der Waals surface area contributed by atoms with Gasteiger partial charge in [-0.3, -0.25) is 4.79 Å². The molecule has 1 amide bonds. The molecule has 0 atom stereocenters. The molecule has 0 fully saturated rings. The van der Waals surface area contributed by atoms with E-state index in [0.717, 1.165) is 10.4 Å². The van der Waals surface area contributed by atoms with E-state index in [-0.39, 0.29) is 18.9 Å². The van der Waals surface area contributed by atoms with Crippen LogP contribution in [0.3, 0.4) is 0 Å². The number of esters is 1. The average molecular weight is 391 g/mol. The lowest BCUT2D eigenvalue weighted by atomic mass is 10.1. The number of amides is 1. The monoisotopic (exact) mass is 391 g/mol. The first-order valence-electron chi connectivity index (χ1n) is 8.94. The minimum Gasteiger partial charge on any atom is -0.490 e.